The minimum Gasteiger partial charge on any atom is -0.339 e. The highest BCUT2D eigenvalue weighted by Crippen LogP contribution is 2.14. The second kappa shape index (κ2) is 10.4. The van der Waals surface area contributed by atoms with Crippen LogP contribution >= 0.6 is 0 Å². The van der Waals surface area contributed by atoms with E-state index < -0.39 is 0 Å². The van der Waals surface area contributed by atoms with Crippen molar-refractivity contribution in [2.24, 2.45) is 0 Å². The first-order valence-electron chi connectivity index (χ1n) is 9.79. The molecule has 0 radical (unpaired) electrons. The zero-order chi connectivity index (χ0) is 20.5. The number of carbonyl (C=O) groups is 3. The molecular formula is C23H28N2O3. The van der Waals surface area contributed by atoms with Crippen LogP contribution in [-0.4, -0.2) is 35.6 Å². The molecular weight excluding hydrogens is 352 g/mol. The number of hydrogen-bond donors (Lipinski definition) is 1. The van der Waals surface area contributed by atoms with Crippen molar-refractivity contribution in [3.63, 3.8) is 0 Å². The smallest absolute Gasteiger partial charge is 0.253 e. The Balaban J connectivity index is 1.93. The van der Waals surface area contributed by atoms with Gasteiger partial charge in [0.15, 0.2) is 5.78 Å². The average molecular weight is 380 g/mol. The minimum absolute atomic E-state index is 0.0525. The summed E-state index contributed by atoms with van der Waals surface area (Å²) in [7, 11) is 0. The van der Waals surface area contributed by atoms with Gasteiger partial charge in [-0.2, -0.15) is 0 Å². The van der Waals surface area contributed by atoms with Gasteiger partial charge in [0.05, 0.1) is 0 Å². The van der Waals surface area contributed by atoms with E-state index in [4.69, 9.17) is 0 Å². The van der Waals surface area contributed by atoms with Gasteiger partial charge in [0, 0.05) is 42.7 Å². The van der Waals surface area contributed by atoms with Crippen LogP contribution in [0.25, 0.3) is 0 Å². The molecule has 0 saturated carbocycles. The molecule has 0 heterocycles. The standard InChI is InChI=1S/C23H28N2O3/c1-4-17-10-12-18(13-11-17)21(26)14-15-22(27)24-20-9-7-8-19(16-20)23(28)25(5-2)6-3/h7-13,16H,4-6,14-15H2,1-3H3,(H,24,27). The number of Topliss-reactive ketones (excluding diaryl/α,β-unsaturated/α-hetero) is 1. The molecule has 28 heavy (non-hydrogen) atoms. The molecule has 148 valence electrons. The van der Waals surface area contributed by atoms with Crippen molar-refractivity contribution in [2.45, 2.75) is 40.0 Å². The fraction of sp³-hybridized carbons (Fsp3) is 0.348. The number of benzene rings is 2. The van der Waals surface area contributed by atoms with E-state index in [1.807, 2.05) is 26.0 Å². The molecule has 0 aliphatic carbocycles. The number of nitrogens with zero attached hydrogens (tertiary/aromatic N) is 1. The number of rotatable bonds is 9. The van der Waals surface area contributed by atoms with Crippen molar-refractivity contribution in [3.05, 3.63) is 65.2 Å². The van der Waals surface area contributed by atoms with Gasteiger partial charge in [-0.3, -0.25) is 14.4 Å². The lowest BCUT2D eigenvalue weighted by Gasteiger charge is -2.19. The SMILES string of the molecule is CCc1ccc(C(=O)CCC(=O)Nc2cccc(C(=O)N(CC)CC)c2)cc1. The fourth-order valence-corrected chi connectivity index (χ4v) is 2.94. The topological polar surface area (TPSA) is 66.5 Å². The largest absolute Gasteiger partial charge is 0.339 e. The third kappa shape index (κ3) is 5.78. The van der Waals surface area contributed by atoms with Crippen molar-refractivity contribution in [3.8, 4) is 0 Å². The molecule has 0 spiro atoms. The van der Waals surface area contributed by atoms with Crippen LogP contribution in [0, 0.1) is 0 Å². The maximum Gasteiger partial charge on any atom is 0.253 e. The molecule has 2 aromatic rings. The van der Waals surface area contributed by atoms with Crippen LogP contribution in [0.4, 0.5) is 5.69 Å². The van der Waals surface area contributed by atoms with Gasteiger partial charge in [0.2, 0.25) is 5.91 Å². The van der Waals surface area contributed by atoms with Gasteiger partial charge in [0.1, 0.15) is 0 Å². The zero-order valence-electron chi connectivity index (χ0n) is 16.8. The number of nitrogens with one attached hydrogen (secondary N) is 1. The number of anilines is 1. The quantitative estimate of drug-likeness (QED) is 0.658. The summed E-state index contributed by atoms with van der Waals surface area (Å²) in [5.41, 5.74) is 2.89. The Kier molecular flexibility index (Phi) is 7.93. The Hall–Kier alpha value is -2.95. The maximum absolute atomic E-state index is 12.4. The van der Waals surface area contributed by atoms with Crippen LogP contribution in [0.15, 0.2) is 48.5 Å². The van der Waals surface area contributed by atoms with E-state index in [0.717, 1.165) is 6.42 Å². The summed E-state index contributed by atoms with van der Waals surface area (Å²) in [6, 6.07) is 14.4. The third-order valence-electron chi connectivity index (χ3n) is 4.71. The van der Waals surface area contributed by atoms with E-state index >= 15 is 0 Å². The fourth-order valence-electron chi connectivity index (χ4n) is 2.94. The first-order valence-corrected chi connectivity index (χ1v) is 9.79. The molecule has 2 rings (SSSR count). The Morgan fingerprint density at radius 2 is 1.54 bits per heavy atom. The number of hydrogen-bond acceptors (Lipinski definition) is 3. The Morgan fingerprint density at radius 1 is 0.857 bits per heavy atom. The maximum atomic E-state index is 12.4. The first-order chi connectivity index (χ1) is 13.5. The van der Waals surface area contributed by atoms with Gasteiger partial charge in [-0.25, -0.2) is 0 Å². The first kappa shape index (κ1) is 21.4. The second-order valence-corrected chi connectivity index (χ2v) is 6.58. The van der Waals surface area contributed by atoms with Crippen LogP contribution in [-0.2, 0) is 11.2 Å². The molecule has 5 nitrogen and oxygen atoms in total. The number of aryl methyl sites for hydroxylation is 1. The molecule has 0 aromatic heterocycles. The van der Waals surface area contributed by atoms with Crippen LogP contribution in [0.3, 0.4) is 0 Å². The molecule has 0 aliphatic heterocycles. The molecule has 0 unspecified atom stereocenters. The summed E-state index contributed by atoms with van der Waals surface area (Å²) in [6.07, 6.45) is 1.17. The van der Waals surface area contributed by atoms with E-state index in [1.165, 1.54) is 5.56 Å². The Bertz CT molecular complexity index is 824. The molecule has 1 N–H and O–H groups in total. The minimum atomic E-state index is -0.244. The summed E-state index contributed by atoms with van der Waals surface area (Å²) >= 11 is 0. The van der Waals surface area contributed by atoms with Crippen LogP contribution in [0.5, 0.6) is 0 Å². The molecule has 2 aromatic carbocycles. The Labute approximate surface area is 166 Å². The van der Waals surface area contributed by atoms with Crippen LogP contribution in [0.1, 0.15) is 59.9 Å². The van der Waals surface area contributed by atoms with Crippen LogP contribution < -0.4 is 5.32 Å². The van der Waals surface area contributed by atoms with Gasteiger partial charge >= 0.3 is 0 Å². The summed E-state index contributed by atoms with van der Waals surface area (Å²) in [5.74, 6) is -0.360. The summed E-state index contributed by atoms with van der Waals surface area (Å²) in [6.45, 7) is 7.19. The molecule has 0 fully saturated rings. The highest BCUT2D eigenvalue weighted by atomic mass is 16.2. The van der Waals surface area contributed by atoms with Crippen molar-refractivity contribution in [2.75, 3.05) is 18.4 Å². The molecule has 5 heteroatoms. The monoisotopic (exact) mass is 380 g/mol. The Morgan fingerprint density at radius 3 is 2.14 bits per heavy atom. The summed E-state index contributed by atoms with van der Waals surface area (Å²) < 4.78 is 0. The second-order valence-electron chi connectivity index (χ2n) is 6.58. The average Bonchev–Trinajstić information content (AvgIpc) is 2.73. The van der Waals surface area contributed by atoms with Gasteiger partial charge < -0.3 is 10.2 Å². The zero-order valence-corrected chi connectivity index (χ0v) is 16.8. The highest BCUT2D eigenvalue weighted by Gasteiger charge is 2.14. The molecule has 0 aliphatic rings. The van der Waals surface area contributed by atoms with Gasteiger partial charge in [0.25, 0.3) is 5.91 Å². The van der Waals surface area contributed by atoms with Gasteiger partial charge in [-0.15, -0.1) is 0 Å². The lowest BCUT2D eigenvalue weighted by Crippen LogP contribution is -2.30. The van der Waals surface area contributed by atoms with Crippen molar-refractivity contribution in [1.82, 2.24) is 4.90 Å². The number of ketones is 1. The molecule has 0 saturated heterocycles. The molecule has 0 atom stereocenters. The van der Waals surface area contributed by atoms with Crippen LogP contribution in [0.2, 0.25) is 0 Å². The van der Waals surface area contributed by atoms with Crippen molar-refractivity contribution < 1.29 is 14.4 Å². The summed E-state index contributed by atoms with van der Waals surface area (Å²) in [4.78, 5) is 38.6. The van der Waals surface area contributed by atoms with Gasteiger partial charge in [-0.1, -0.05) is 37.3 Å². The van der Waals surface area contributed by atoms with Gasteiger partial charge in [-0.05, 0) is 44.0 Å². The summed E-state index contributed by atoms with van der Waals surface area (Å²) in [5, 5.41) is 2.78. The number of amides is 2. The molecule has 2 amide bonds. The third-order valence-corrected chi connectivity index (χ3v) is 4.71. The van der Waals surface area contributed by atoms with E-state index in [2.05, 4.69) is 12.2 Å². The lowest BCUT2D eigenvalue weighted by molar-refractivity contribution is -0.116. The molecule has 0 bridgehead atoms. The highest BCUT2D eigenvalue weighted by molar-refractivity contribution is 6.00. The van der Waals surface area contributed by atoms with E-state index in [0.29, 0.717) is 29.9 Å². The van der Waals surface area contributed by atoms with E-state index in [1.54, 1.807) is 41.3 Å². The normalized spacial score (nSPS) is 10.4. The van der Waals surface area contributed by atoms with E-state index in [9.17, 15) is 14.4 Å². The van der Waals surface area contributed by atoms with E-state index in [-0.39, 0.29) is 30.4 Å². The predicted octanol–water partition coefficient (Wildman–Crippen LogP) is 4.33. The predicted molar refractivity (Wildman–Crippen MR) is 112 cm³/mol. The lowest BCUT2D eigenvalue weighted by atomic mass is 10.0. The van der Waals surface area contributed by atoms with Crippen molar-refractivity contribution in [1.29, 1.82) is 0 Å². The number of carbonyl (C=O) groups excluding carboxylic acids is 3. The van der Waals surface area contributed by atoms with Crippen molar-refractivity contribution >= 4 is 23.3 Å².